The van der Waals surface area contributed by atoms with Gasteiger partial charge in [-0.15, -0.1) is 0 Å². The van der Waals surface area contributed by atoms with Crippen LogP contribution >= 0.6 is 0 Å². The predicted octanol–water partition coefficient (Wildman–Crippen LogP) is 3.30. The smallest absolute Gasteiger partial charge is 0.407 e. The van der Waals surface area contributed by atoms with Gasteiger partial charge in [0, 0.05) is 24.5 Å². The van der Waals surface area contributed by atoms with Crippen molar-refractivity contribution in [2.24, 2.45) is 5.92 Å². The Morgan fingerprint density at radius 2 is 1.67 bits per heavy atom. The van der Waals surface area contributed by atoms with Gasteiger partial charge in [0.05, 0.1) is 0 Å². The van der Waals surface area contributed by atoms with Crippen molar-refractivity contribution in [3.63, 3.8) is 0 Å². The minimum Gasteiger partial charge on any atom is -0.449 e. The number of benzene rings is 2. The summed E-state index contributed by atoms with van der Waals surface area (Å²) in [5.41, 5.74) is 4.87. The summed E-state index contributed by atoms with van der Waals surface area (Å²) in [4.78, 5) is 12.1. The maximum atomic E-state index is 12.1. The number of hydrogen-bond donors (Lipinski definition) is 2. The number of carbonyl (C=O) groups is 1. The molecule has 0 saturated heterocycles. The second-order valence-electron chi connectivity index (χ2n) is 6.60. The lowest BCUT2D eigenvalue weighted by Crippen LogP contribution is -2.48. The van der Waals surface area contributed by atoms with Crippen molar-refractivity contribution >= 4 is 6.09 Å². The van der Waals surface area contributed by atoms with E-state index < -0.39 is 0 Å². The number of amides is 1. The first-order valence-electron chi connectivity index (χ1n) is 8.50. The van der Waals surface area contributed by atoms with E-state index in [0.717, 1.165) is 12.8 Å². The summed E-state index contributed by atoms with van der Waals surface area (Å²) in [6.07, 6.45) is 1.49. The first-order valence-corrected chi connectivity index (χ1v) is 8.50. The summed E-state index contributed by atoms with van der Waals surface area (Å²) in [7, 11) is 0. The highest BCUT2D eigenvalue weighted by Crippen LogP contribution is 2.44. The monoisotopic (exact) mass is 323 g/mol. The number of ether oxygens (including phenoxy) is 1. The zero-order valence-electron chi connectivity index (χ0n) is 13.4. The molecular weight excluding hydrogens is 302 g/mol. The molecule has 4 nitrogen and oxygen atoms in total. The van der Waals surface area contributed by atoms with Crippen LogP contribution in [-0.4, -0.2) is 30.5 Å². The molecule has 0 heterocycles. The third kappa shape index (κ3) is 2.57. The Bertz CT molecular complexity index is 711. The van der Waals surface area contributed by atoms with E-state index in [1.165, 1.54) is 22.3 Å². The van der Waals surface area contributed by atoms with Crippen LogP contribution in [0.3, 0.4) is 0 Å². The molecule has 2 aromatic rings. The number of carbonyl (C=O) groups excluding carboxylic acids is 1. The molecule has 2 aliphatic rings. The first-order chi connectivity index (χ1) is 11.8. The second-order valence-corrected chi connectivity index (χ2v) is 6.60. The molecule has 124 valence electrons. The largest absolute Gasteiger partial charge is 0.449 e. The lowest BCUT2D eigenvalue weighted by molar-refractivity contribution is 0.0947. The zero-order chi connectivity index (χ0) is 16.5. The number of aliphatic hydroxyl groups excluding tert-OH is 1. The Morgan fingerprint density at radius 3 is 2.21 bits per heavy atom. The summed E-state index contributed by atoms with van der Waals surface area (Å²) in [6.45, 7) is 0.449. The molecule has 0 aliphatic heterocycles. The van der Waals surface area contributed by atoms with Gasteiger partial charge in [0.1, 0.15) is 6.61 Å². The Balaban J connectivity index is 1.46. The average Bonchev–Trinajstić information content (AvgIpc) is 2.91. The fourth-order valence-corrected chi connectivity index (χ4v) is 3.77. The van der Waals surface area contributed by atoms with Crippen LogP contribution in [0, 0.1) is 5.92 Å². The van der Waals surface area contributed by atoms with E-state index in [-0.39, 0.29) is 30.6 Å². The number of fused-ring (bicyclic) bond motifs is 3. The van der Waals surface area contributed by atoms with Crippen LogP contribution in [-0.2, 0) is 4.74 Å². The van der Waals surface area contributed by atoms with Gasteiger partial charge in [-0.3, -0.25) is 0 Å². The van der Waals surface area contributed by atoms with E-state index in [9.17, 15) is 9.90 Å². The van der Waals surface area contributed by atoms with Gasteiger partial charge >= 0.3 is 6.09 Å². The summed E-state index contributed by atoms with van der Waals surface area (Å²) in [5.74, 6) is 0.253. The van der Waals surface area contributed by atoms with Gasteiger partial charge in [-0.2, -0.15) is 0 Å². The number of alkyl carbamates (subject to hydrolysis) is 1. The van der Waals surface area contributed by atoms with Crippen LogP contribution in [0.5, 0.6) is 0 Å². The Morgan fingerprint density at radius 1 is 1.04 bits per heavy atom. The molecule has 2 aliphatic carbocycles. The van der Waals surface area contributed by atoms with Crippen molar-refractivity contribution in [1.29, 1.82) is 0 Å². The normalized spacial score (nSPS) is 21.5. The molecule has 4 rings (SSSR count). The molecular formula is C20H21NO3. The van der Waals surface area contributed by atoms with Crippen LogP contribution in [0.15, 0.2) is 48.5 Å². The van der Waals surface area contributed by atoms with Gasteiger partial charge in [0.25, 0.3) is 0 Å². The van der Waals surface area contributed by atoms with Crippen molar-refractivity contribution in [2.75, 3.05) is 13.2 Å². The third-order valence-electron chi connectivity index (χ3n) is 5.30. The van der Waals surface area contributed by atoms with Crippen molar-refractivity contribution in [2.45, 2.75) is 24.8 Å². The standard InChI is InChI=1S/C20H21NO3/c22-11-13-9-10-19(13)21-20(23)24-12-18-16-7-3-1-5-14(16)15-6-2-4-8-17(15)18/h1-8,13,18-19,22H,9-12H2,(H,21,23)/t13-,19+/m0/s1. The molecule has 0 bridgehead atoms. The number of rotatable bonds is 4. The minimum absolute atomic E-state index is 0.0469. The van der Waals surface area contributed by atoms with Crippen LogP contribution in [0.1, 0.15) is 29.9 Å². The van der Waals surface area contributed by atoms with Gasteiger partial charge in [-0.1, -0.05) is 48.5 Å². The lowest BCUT2D eigenvalue weighted by atomic mass is 9.80. The lowest BCUT2D eigenvalue weighted by Gasteiger charge is -2.35. The van der Waals surface area contributed by atoms with E-state index in [0.29, 0.717) is 6.61 Å². The summed E-state index contributed by atoms with van der Waals surface area (Å²) in [6, 6.07) is 16.6. The van der Waals surface area contributed by atoms with Crippen LogP contribution in [0.2, 0.25) is 0 Å². The molecule has 0 radical (unpaired) electrons. The molecule has 24 heavy (non-hydrogen) atoms. The molecule has 1 fully saturated rings. The van der Waals surface area contributed by atoms with Crippen LogP contribution in [0.25, 0.3) is 11.1 Å². The van der Waals surface area contributed by atoms with E-state index >= 15 is 0 Å². The number of aliphatic hydroxyl groups is 1. The van der Waals surface area contributed by atoms with Gasteiger partial charge in [-0.05, 0) is 35.1 Å². The van der Waals surface area contributed by atoms with Gasteiger partial charge in [-0.25, -0.2) is 4.79 Å². The fourth-order valence-electron chi connectivity index (χ4n) is 3.77. The Labute approximate surface area is 141 Å². The van der Waals surface area contributed by atoms with Crippen molar-refractivity contribution in [1.82, 2.24) is 5.32 Å². The van der Waals surface area contributed by atoms with Crippen LogP contribution < -0.4 is 5.32 Å². The zero-order valence-corrected chi connectivity index (χ0v) is 13.4. The van der Waals surface area contributed by atoms with Crippen molar-refractivity contribution in [3.8, 4) is 11.1 Å². The highest BCUT2D eigenvalue weighted by molar-refractivity contribution is 5.79. The SMILES string of the molecule is O=C(N[C@@H]1CC[C@H]1CO)OCC1c2ccccc2-c2ccccc21. The highest BCUT2D eigenvalue weighted by atomic mass is 16.5. The van der Waals surface area contributed by atoms with Crippen molar-refractivity contribution < 1.29 is 14.6 Å². The molecule has 0 unspecified atom stereocenters. The predicted molar refractivity (Wildman–Crippen MR) is 91.8 cm³/mol. The Hall–Kier alpha value is -2.33. The maximum Gasteiger partial charge on any atom is 0.407 e. The molecule has 2 N–H and O–H groups in total. The van der Waals surface area contributed by atoms with E-state index in [4.69, 9.17) is 4.74 Å². The molecule has 2 aromatic carbocycles. The highest BCUT2D eigenvalue weighted by Gasteiger charge is 2.33. The van der Waals surface area contributed by atoms with E-state index in [1.807, 2.05) is 24.3 Å². The van der Waals surface area contributed by atoms with E-state index in [2.05, 4.69) is 29.6 Å². The molecule has 1 amide bonds. The molecule has 0 spiro atoms. The molecule has 2 atom stereocenters. The van der Waals surface area contributed by atoms with E-state index in [1.54, 1.807) is 0 Å². The average molecular weight is 323 g/mol. The van der Waals surface area contributed by atoms with Gasteiger partial charge in [0.2, 0.25) is 0 Å². The van der Waals surface area contributed by atoms with Crippen LogP contribution in [0.4, 0.5) is 4.79 Å². The summed E-state index contributed by atoms with van der Waals surface area (Å²) in [5, 5.41) is 12.1. The van der Waals surface area contributed by atoms with Gasteiger partial charge < -0.3 is 15.2 Å². The maximum absolute atomic E-state index is 12.1. The fraction of sp³-hybridized carbons (Fsp3) is 0.350. The number of hydrogen-bond acceptors (Lipinski definition) is 3. The topological polar surface area (TPSA) is 58.6 Å². The Kier molecular flexibility index (Phi) is 3.98. The molecule has 1 saturated carbocycles. The number of nitrogens with one attached hydrogen (secondary N) is 1. The molecule has 0 aromatic heterocycles. The minimum atomic E-state index is -0.389. The second kappa shape index (κ2) is 6.29. The molecule has 4 heteroatoms. The quantitative estimate of drug-likeness (QED) is 0.907. The third-order valence-corrected chi connectivity index (χ3v) is 5.30. The summed E-state index contributed by atoms with van der Waals surface area (Å²) < 4.78 is 5.51. The first kappa shape index (κ1) is 15.2. The summed E-state index contributed by atoms with van der Waals surface area (Å²) >= 11 is 0. The van der Waals surface area contributed by atoms with Gasteiger partial charge in [0.15, 0.2) is 0 Å². The van der Waals surface area contributed by atoms with Crippen molar-refractivity contribution in [3.05, 3.63) is 59.7 Å².